The first-order valence-corrected chi connectivity index (χ1v) is 7.76. The first-order valence-electron chi connectivity index (χ1n) is 7.76. The van der Waals surface area contributed by atoms with Crippen molar-refractivity contribution in [2.45, 2.75) is 39.2 Å². The number of anilines is 2. The molecule has 0 aliphatic carbocycles. The smallest absolute Gasteiger partial charge is 0.153 e. The number of aryl methyl sites for hydroxylation is 2. The summed E-state index contributed by atoms with van der Waals surface area (Å²) in [7, 11) is 2.02. The lowest BCUT2D eigenvalue weighted by Gasteiger charge is -2.27. The Kier molecular flexibility index (Phi) is 2.74. The summed E-state index contributed by atoms with van der Waals surface area (Å²) in [5.41, 5.74) is 5.05. The van der Waals surface area contributed by atoms with E-state index in [1.165, 1.54) is 29.1 Å². The summed E-state index contributed by atoms with van der Waals surface area (Å²) >= 11 is 0. The lowest BCUT2D eigenvalue weighted by Crippen LogP contribution is -2.25. The summed E-state index contributed by atoms with van der Waals surface area (Å²) in [6.45, 7) is 6.28. The third kappa shape index (κ3) is 1.78. The fraction of sp³-hybridized carbons (Fsp3) is 0.600. The molecule has 0 saturated heterocycles. The number of nitrogens with one attached hydrogen (secondary N) is 2. The Morgan fingerprint density at radius 2 is 2.00 bits per heavy atom. The van der Waals surface area contributed by atoms with Crippen molar-refractivity contribution in [3.8, 4) is 0 Å². The van der Waals surface area contributed by atoms with Crippen LogP contribution in [0, 0.1) is 13.8 Å². The van der Waals surface area contributed by atoms with E-state index in [0.717, 1.165) is 37.4 Å². The largest absolute Gasteiger partial charge is 0.370 e. The van der Waals surface area contributed by atoms with Crippen LogP contribution in [-0.4, -0.2) is 32.7 Å². The minimum absolute atomic E-state index is 0.294. The summed E-state index contributed by atoms with van der Waals surface area (Å²) in [5.74, 6) is 2.27. The zero-order valence-electron chi connectivity index (χ0n) is 12.9. The van der Waals surface area contributed by atoms with Gasteiger partial charge < -0.3 is 10.6 Å². The van der Waals surface area contributed by atoms with Gasteiger partial charge in [0.05, 0.1) is 11.7 Å². The molecule has 0 saturated carbocycles. The van der Waals surface area contributed by atoms with E-state index in [9.17, 15) is 0 Å². The van der Waals surface area contributed by atoms with Gasteiger partial charge in [0.25, 0.3) is 0 Å². The third-order valence-electron chi connectivity index (χ3n) is 4.81. The highest BCUT2D eigenvalue weighted by Gasteiger charge is 2.31. The van der Waals surface area contributed by atoms with E-state index < -0.39 is 0 Å². The molecular formula is C15H22N6. The van der Waals surface area contributed by atoms with E-state index in [0.29, 0.717) is 6.04 Å². The standard InChI is InChI=1S/C15H22N6/c1-9-13(10(2)20(3)18-9)12-6-8-17-15-11-5-4-7-16-14(11)19-21(12)15/h12,17H,4-8H2,1-3H3,(H,16,19). The van der Waals surface area contributed by atoms with Gasteiger partial charge in [0.15, 0.2) is 5.82 Å². The van der Waals surface area contributed by atoms with E-state index in [-0.39, 0.29) is 0 Å². The van der Waals surface area contributed by atoms with Gasteiger partial charge in [-0.3, -0.25) is 4.68 Å². The minimum atomic E-state index is 0.294. The molecule has 2 aromatic rings. The maximum absolute atomic E-state index is 4.85. The molecule has 0 spiro atoms. The molecule has 0 aromatic carbocycles. The molecule has 2 N–H and O–H groups in total. The van der Waals surface area contributed by atoms with E-state index in [1.807, 2.05) is 11.7 Å². The predicted octanol–water partition coefficient (Wildman–Crippen LogP) is 2.00. The monoisotopic (exact) mass is 286 g/mol. The van der Waals surface area contributed by atoms with Crippen molar-refractivity contribution in [2.24, 2.45) is 7.05 Å². The Hall–Kier alpha value is -1.98. The molecule has 6 heteroatoms. The lowest BCUT2D eigenvalue weighted by atomic mass is 9.99. The van der Waals surface area contributed by atoms with Crippen LogP contribution in [0.4, 0.5) is 11.6 Å². The van der Waals surface area contributed by atoms with Crippen LogP contribution in [0.1, 0.15) is 41.4 Å². The molecule has 4 rings (SSSR count). The minimum Gasteiger partial charge on any atom is -0.370 e. The van der Waals surface area contributed by atoms with E-state index in [2.05, 4.69) is 34.3 Å². The molecule has 0 fully saturated rings. The van der Waals surface area contributed by atoms with Crippen LogP contribution in [0.3, 0.4) is 0 Å². The SMILES string of the molecule is Cc1nn(C)c(C)c1C1CCNc2c3c(nn21)NCCC3. The van der Waals surface area contributed by atoms with Gasteiger partial charge in [-0.2, -0.15) is 10.2 Å². The van der Waals surface area contributed by atoms with Crippen LogP contribution in [0.15, 0.2) is 0 Å². The topological polar surface area (TPSA) is 59.7 Å². The quantitative estimate of drug-likeness (QED) is 0.842. The zero-order chi connectivity index (χ0) is 14.6. The fourth-order valence-corrected chi connectivity index (χ4v) is 3.72. The molecule has 21 heavy (non-hydrogen) atoms. The molecule has 2 aliphatic heterocycles. The van der Waals surface area contributed by atoms with Crippen LogP contribution < -0.4 is 10.6 Å². The van der Waals surface area contributed by atoms with Crippen molar-refractivity contribution in [1.82, 2.24) is 19.6 Å². The van der Waals surface area contributed by atoms with Gasteiger partial charge in [0.2, 0.25) is 0 Å². The highest BCUT2D eigenvalue weighted by atomic mass is 15.4. The van der Waals surface area contributed by atoms with Gasteiger partial charge in [0, 0.05) is 37.0 Å². The number of hydrogen-bond donors (Lipinski definition) is 2. The van der Waals surface area contributed by atoms with Gasteiger partial charge in [-0.15, -0.1) is 0 Å². The van der Waals surface area contributed by atoms with Gasteiger partial charge in [-0.05, 0) is 33.1 Å². The van der Waals surface area contributed by atoms with Crippen LogP contribution in [-0.2, 0) is 13.5 Å². The molecule has 2 aromatic heterocycles. The Morgan fingerprint density at radius 1 is 1.14 bits per heavy atom. The number of rotatable bonds is 1. The molecule has 4 heterocycles. The van der Waals surface area contributed by atoms with Crippen molar-refractivity contribution >= 4 is 11.6 Å². The first kappa shape index (κ1) is 12.7. The maximum atomic E-state index is 4.85. The van der Waals surface area contributed by atoms with Crippen LogP contribution >= 0.6 is 0 Å². The van der Waals surface area contributed by atoms with Crippen molar-refractivity contribution in [2.75, 3.05) is 23.7 Å². The second-order valence-electron chi connectivity index (χ2n) is 6.09. The normalized spacial score (nSPS) is 20.4. The number of aromatic nitrogens is 4. The Balaban J connectivity index is 1.85. The van der Waals surface area contributed by atoms with Crippen molar-refractivity contribution < 1.29 is 0 Å². The van der Waals surface area contributed by atoms with E-state index >= 15 is 0 Å². The molecule has 1 atom stereocenters. The number of fused-ring (bicyclic) bond motifs is 3. The number of nitrogens with zero attached hydrogens (tertiary/aromatic N) is 4. The Morgan fingerprint density at radius 3 is 2.76 bits per heavy atom. The number of hydrogen-bond acceptors (Lipinski definition) is 4. The highest BCUT2D eigenvalue weighted by Crippen LogP contribution is 2.38. The van der Waals surface area contributed by atoms with Crippen LogP contribution in [0.5, 0.6) is 0 Å². The zero-order valence-corrected chi connectivity index (χ0v) is 12.9. The molecule has 1 unspecified atom stereocenters. The molecule has 0 amide bonds. The average molecular weight is 286 g/mol. The Labute approximate surface area is 124 Å². The molecule has 6 nitrogen and oxygen atoms in total. The predicted molar refractivity (Wildman–Crippen MR) is 83.0 cm³/mol. The third-order valence-corrected chi connectivity index (χ3v) is 4.81. The average Bonchev–Trinajstić information content (AvgIpc) is 2.97. The van der Waals surface area contributed by atoms with Crippen molar-refractivity contribution in [3.63, 3.8) is 0 Å². The summed E-state index contributed by atoms with van der Waals surface area (Å²) in [4.78, 5) is 0. The molecular weight excluding hydrogens is 264 g/mol. The molecule has 2 aliphatic rings. The summed E-state index contributed by atoms with van der Waals surface area (Å²) in [5, 5.41) is 16.4. The highest BCUT2D eigenvalue weighted by molar-refractivity contribution is 5.62. The maximum Gasteiger partial charge on any atom is 0.153 e. The first-order chi connectivity index (χ1) is 10.2. The van der Waals surface area contributed by atoms with Gasteiger partial charge in [0.1, 0.15) is 5.82 Å². The molecule has 112 valence electrons. The molecule has 0 bridgehead atoms. The van der Waals surface area contributed by atoms with Crippen LogP contribution in [0.25, 0.3) is 0 Å². The van der Waals surface area contributed by atoms with Crippen LogP contribution in [0.2, 0.25) is 0 Å². The fourth-order valence-electron chi connectivity index (χ4n) is 3.72. The van der Waals surface area contributed by atoms with E-state index in [4.69, 9.17) is 5.10 Å². The second-order valence-corrected chi connectivity index (χ2v) is 6.09. The lowest BCUT2D eigenvalue weighted by molar-refractivity contribution is 0.478. The molecule has 0 radical (unpaired) electrons. The van der Waals surface area contributed by atoms with Crippen molar-refractivity contribution in [3.05, 3.63) is 22.5 Å². The Bertz CT molecular complexity index is 696. The van der Waals surface area contributed by atoms with Crippen molar-refractivity contribution in [1.29, 1.82) is 0 Å². The summed E-state index contributed by atoms with van der Waals surface area (Å²) in [6, 6.07) is 0.294. The summed E-state index contributed by atoms with van der Waals surface area (Å²) < 4.78 is 4.16. The van der Waals surface area contributed by atoms with Gasteiger partial charge in [-0.1, -0.05) is 0 Å². The summed E-state index contributed by atoms with van der Waals surface area (Å²) in [6.07, 6.45) is 3.35. The van der Waals surface area contributed by atoms with Gasteiger partial charge >= 0.3 is 0 Å². The second kappa shape index (κ2) is 4.51. The van der Waals surface area contributed by atoms with E-state index in [1.54, 1.807) is 0 Å². The van der Waals surface area contributed by atoms with Gasteiger partial charge in [-0.25, -0.2) is 4.68 Å².